The van der Waals surface area contributed by atoms with E-state index in [0.717, 1.165) is 5.56 Å². The van der Waals surface area contributed by atoms with Crippen molar-refractivity contribution in [1.29, 1.82) is 0 Å². The van der Waals surface area contributed by atoms with Crippen molar-refractivity contribution in [3.63, 3.8) is 0 Å². The maximum absolute atomic E-state index is 12.3. The number of nitrogens with one attached hydrogen (secondary N) is 1. The van der Waals surface area contributed by atoms with Crippen LogP contribution in [0.5, 0.6) is 0 Å². The summed E-state index contributed by atoms with van der Waals surface area (Å²) < 4.78 is 0. The molecule has 0 aliphatic carbocycles. The zero-order valence-electron chi connectivity index (χ0n) is 12.7. The monoisotopic (exact) mass is 276 g/mol. The van der Waals surface area contributed by atoms with Gasteiger partial charge >= 0.3 is 0 Å². The van der Waals surface area contributed by atoms with E-state index in [9.17, 15) is 9.59 Å². The fourth-order valence-corrected chi connectivity index (χ4v) is 1.98. The van der Waals surface area contributed by atoms with Crippen LogP contribution in [0.25, 0.3) is 0 Å². The zero-order chi connectivity index (χ0) is 15.1. The Hall–Kier alpha value is -1.84. The lowest BCUT2D eigenvalue weighted by Crippen LogP contribution is -2.48. The molecule has 1 atom stereocenters. The number of carbonyl (C=O) groups excluding carboxylic acids is 2. The number of rotatable bonds is 6. The van der Waals surface area contributed by atoms with Crippen molar-refractivity contribution >= 4 is 11.8 Å². The number of benzene rings is 1. The van der Waals surface area contributed by atoms with Gasteiger partial charge in [-0.15, -0.1) is 0 Å². The first-order chi connectivity index (χ1) is 9.47. The maximum atomic E-state index is 12.3. The van der Waals surface area contributed by atoms with E-state index in [1.807, 2.05) is 51.1 Å². The van der Waals surface area contributed by atoms with Crippen LogP contribution >= 0.6 is 0 Å². The second kappa shape index (κ2) is 7.68. The molecule has 110 valence electrons. The van der Waals surface area contributed by atoms with Gasteiger partial charge in [0.2, 0.25) is 11.8 Å². The molecule has 0 heterocycles. The fourth-order valence-electron chi connectivity index (χ4n) is 1.98. The number of hydrogen-bond acceptors (Lipinski definition) is 2. The third kappa shape index (κ3) is 4.37. The summed E-state index contributed by atoms with van der Waals surface area (Å²) in [6.45, 7) is 8.37. The molecule has 0 aliphatic heterocycles. The van der Waals surface area contributed by atoms with Gasteiger partial charge in [0, 0.05) is 19.0 Å². The van der Waals surface area contributed by atoms with Crippen molar-refractivity contribution in [2.45, 2.75) is 40.3 Å². The first-order valence-corrected chi connectivity index (χ1v) is 7.09. The molecule has 1 aromatic carbocycles. The van der Waals surface area contributed by atoms with Crippen molar-refractivity contribution in [3.05, 3.63) is 35.9 Å². The Bertz CT molecular complexity index is 443. The Balaban J connectivity index is 2.91. The van der Waals surface area contributed by atoms with Gasteiger partial charge in [0.05, 0.1) is 0 Å². The van der Waals surface area contributed by atoms with Crippen LogP contribution in [-0.4, -0.2) is 29.3 Å². The molecule has 0 unspecified atom stereocenters. The van der Waals surface area contributed by atoms with Gasteiger partial charge in [0.15, 0.2) is 0 Å². The number of hydrogen-bond donors (Lipinski definition) is 1. The Labute approximate surface area is 121 Å². The molecule has 0 saturated heterocycles. The predicted octanol–water partition coefficient (Wildman–Crippen LogP) is 2.20. The van der Waals surface area contributed by atoms with E-state index in [1.165, 1.54) is 0 Å². The summed E-state index contributed by atoms with van der Waals surface area (Å²) in [5.41, 5.74) is 1.03. The Kier molecular flexibility index (Phi) is 6.22. The molecule has 0 radical (unpaired) electrons. The van der Waals surface area contributed by atoms with E-state index in [-0.39, 0.29) is 17.7 Å². The molecule has 0 aromatic heterocycles. The number of carbonyl (C=O) groups is 2. The minimum Gasteiger partial charge on any atom is -0.355 e. The lowest BCUT2D eigenvalue weighted by Gasteiger charge is -2.30. The third-order valence-electron chi connectivity index (χ3n) is 3.17. The van der Waals surface area contributed by atoms with E-state index in [0.29, 0.717) is 13.1 Å². The zero-order valence-corrected chi connectivity index (χ0v) is 12.7. The van der Waals surface area contributed by atoms with Crippen LogP contribution in [0.4, 0.5) is 0 Å². The molecule has 4 nitrogen and oxygen atoms in total. The summed E-state index contributed by atoms with van der Waals surface area (Å²) in [7, 11) is 0. The SMILES string of the molecule is CCNC(=O)[C@@H](C)N(Cc1ccccc1)C(=O)C(C)C. The summed E-state index contributed by atoms with van der Waals surface area (Å²) >= 11 is 0. The van der Waals surface area contributed by atoms with Crippen LogP contribution in [-0.2, 0) is 16.1 Å². The predicted molar refractivity (Wildman–Crippen MR) is 80.0 cm³/mol. The fraction of sp³-hybridized carbons (Fsp3) is 0.500. The average molecular weight is 276 g/mol. The van der Waals surface area contributed by atoms with Crippen LogP contribution < -0.4 is 5.32 Å². The minimum absolute atomic E-state index is 0.00685. The molecule has 1 rings (SSSR count). The Morgan fingerprint density at radius 2 is 1.75 bits per heavy atom. The molecule has 0 fully saturated rings. The molecule has 4 heteroatoms. The van der Waals surface area contributed by atoms with Gasteiger partial charge in [-0.25, -0.2) is 0 Å². The van der Waals surface area contributed by atoms with Gasteiger partial charge in [-0.1, -0.05) is 44.2 Å². The standard InChI is InChI=1S/C16H24N2O2/c1-5-17-15(19)13(4)18(16(20)12(2)3)11-14-9-7-6-8-10-14/h6-10,12-13H,5,11H2,1-4H3,(H,17,19)/t13-/m1/s1. The first kappa shape index (κ1) is 16.2. The second-order valence-electron chi connectivity index (χ2n) is 5.18. The van der Waals surface area contributed by atoms with Gasteiger partial charge in [0.1, 0.15) is 6.04 Å². The van der Waals surface area contributed by atoms with E-state index in [2.05, 4.69) is 5.32 Å². The van der Waals surface area contributed by atoms with Crippen LogP contribution in [0, 0.1) is 5.92 Å². The molecule has 1 aromatic rings. The highest BCUT2D eigenvalue weighted by Crippen LogP contribution is 2.12. The van der Waals surface area contributed by atoms with Crippen LogP contribution in [0.1, 0.15) is 33.3 Å². The maximum Gasteiger partial charge on any atom is 0.242 e. The van der Waals surface area contributed by atoms with Crippen LogP contribution in [0.15, 0.2) is 30.3 Å². The summed E-state index contributed by atoms with van der Waals surface area (Å²) in [4.78, 5) is 26.0. The number of nitrogens with zero attached hydrogens (tertiary/aromatic N) is 1. The third-order valence-corrected chi connectivity index (χ3v) is 3.17. The summed E-state index contributed by atoms with van der Waals surface area (Å²) in [5.74, 6) is -0.249. The Morgan fingerprint density at radius 3 is 2.25 bits per heavy atom. The molecule has 1 N–H and O–H groups in total. The molecule has 0 spiro atoms. The van der Waals surface area contributed by atoms with Crippen LogP contribution in [0.3, 0.4) is 0 Å². The summed E-state index contributed by atoms with van der Waals surface area (Å²) in [6.07, 6.45) is 0. The van der Waals surface area contributed by atoms with Gasteiger partial charge in [-0.05, 0) is 19.4 Å². The smallest absolute Gasteiger partial charge is 0.242 e. The lowest BCUT2D eigenvalue weighted by atomic mass is 10.1. The normalized spacial score (nSPS) is 12.1. The first-order valence-electron chi connectivity index (χ1n) is 7.09. The van der Waals surface area contributed by atoms with Crippen LogP contribution in [0.2, 0.25) is 0 Å². The summed E-state index contributed by atoms with van der Waals surface area (Å²) in [5, 5.41) is 2.77. The Morgan fingerprint density at radius 1 is 1.15 bits per heavy atom. The topological polar surface area (TPSA) is 49.4 Å². The molecule has 0 bridgehead atoms. The molecule has 2 amide bonds. The molecular formula is C16H24N2O2. The number of amides is 2. The highest BCUT2D eigenvalue weighted by atomic mass is 16.2. The van der Waals surface area contributed by atoms with Crippen molar-refractivity contribution in [3.8, 4) is 0 Å². The largest absolute Gasteiger partial charge is 0.355 e. The number of likely N-dealkylation sites (N-methyl/N-ethyl adjacent to an activating group) is 1. The van der Waals surface area contributed by atoms with E-state index < -0.39 is 6.04 Å². The summed E-state index contributed by atoms with van der Waals surface area (Å²) in [6, 6.07) is 9.26. The van der Waals surface area contributed by atoms with E-state index >= 15 is 0 Å². The highest BCUT2D eigenvalue weighted by Gasteiger charge is 2.27. The van der Waals surface area contributed by atoms with Gasteiger partial charge < -0.3 is 10.2 Å². The van der Waals surface area contributed by atoms with E-state index in [1.54, 1.807) is 11.8 Å². The quantitative estimate of drug-likeness (QED) is 0.866. The van der Waals surface area contributed by atoms with Gasteiger partial charge in [-0.2, -0.15) is 0 Å². The molecule has 0 saturated carbocycles. The second-order valence-corrected chi connectivity index (χ2v) is 5.18. The van der Waals surface area contributed by atoms with Crippen molar-refractivity contribution in [2.24, 2.45) is 5.92 Å². The highest BCUT2D eigenvalue weighted by molar-refractivity contribution is 5.88. The van der Waals surface area contributed by atoms with Crippen molar-refractivity contribution < 1.29 is 9.59 Å². The minimum atomic E-state index is -0.468. The molecule has 20 heavy (non-hydrogen) atoms. The molecule has 0 aliphatic rings. The van der Waals surface area contributed by atoms with Gasteiger partial charge in [-0.3, -0.25) is 9.59 Å². The molecular weight excluding hydrogens is 252 g/mol. The van der Waals surface area contributed by atoms with Crippen molar-refractivity contribution in [2.75, 3.05) is 6.54 Å². The van der Waals surface area contributed by atoms with E-state index in [4.69, 9.17) is 0 Å². The van der Waals surface area contributed by atoms with Gasteiger partial charge in [0.25, 0.3) is 0 Å². The lowest BCUT2D eigenvalue weighted by molar-refractivity contribution is -0.143. The van der Waals surface area contributed by atoms with Crippen molar-refractivity contribution in [1.82, 2.24) is 10.2 Å². The average Bonchev–Trinajstić information content (AvgIpc) is 2.44.